The fourth-order valence-corrected chi connectivity index (χ4v) is 1.58. The number of ether oxygens (including phenoxy) is 3. The minimum absolute atomic E-state index is 0.427. The highest BCUT2D eigenvalue weighted by Gasteiger charge is 2.29. The summed E-state index contributed by atoms with van der Waals surface area (Å²) in [5.74, 6) is 1.38. The highest BCUT2D eigenvalue weighted by Crippen LogP contribution is 2.20. The van der Waals surface area contributed by atoms with E-state index in [2.05, 4.69) is 6.92 Å². The van der Waals surface area contributed by atoms with E-state index in [0.717, 1.165) is 19.0 Å². The SMILES string of the molecule is COc1ccc(COC[C@H](C)[C@@H]2CO2)cc1. The maximum absolute atomic E-state index is 5.64. The molecule has 0 aromatic heterocycles. The minimum Gasteiger partial charge on any atom is -0.497 e. The van der Waals surface area contributed by atoms with Gasteiger partial charge in [0.2, 0.25) is 0 Å². The molecule has 1 aliphatic rings. The zero-order valence-electron chi connectivity index (χ0n) is 9.81. The van der Waals surface area contributed by atoms with E-state index in [1.54, 1.807) is 7.11 Å². The summed E-state index contributed by atoms with van der Waals surface area (Å²) in [5.41, 5.74) is 1.17. The predicted octanol–water partition coefficient (Wildman–Crippen LogP) is 2.25. The van der Waals surface area contributed by atoms with Gasteiger partial charge in [0.25, 0.3) is 0 Å². The van der Waals surface area contributed by atoms with Crippen molar-refractivity contribution in [2.75, 3.05) is 20.3 Å². The average molecular weight is 222 g/mol. The molecule has 3 nitrogen and oxygen atoms in total. The van der Waals surface area contributed by atoms with Gasteiger partial charge in [0.1, 0.15) is 5.75 Å². The molecule has 1 heterocycles. The van der Waals surface area contributed by atoms with E-state index in [-0.39, 0.29) is 0 Å². The molecule has 1 aromatic rings. The standard InChI is InChI=1S/C13H18O3/c1-10(13-9-16-13)7-15-8-11-3-5-12(14-2)6-4-11/h3-6,10,13H,7-9H2,1-2H3/t10-,13-/m0/s1. The second kappa shape index (κ2) is 5.32. The zero-order chi connectivity index (χ0) is 11.4. The van der Waals surface area contributed by atoms with Crippen LogP contribution in [-0.2, 0) is 16.1 Å². The molecule has 0 aliphatic carbocycles. The molecule has 2 atom stereocenters. The largest absolute Gasteiger partial charge is 0.497 e. The Labute approximate surface area is 96.3 Å². The monoisotopic (exact) mass is 222 g/mol. The van der Waals surface area contributed by atoms with Gasteiger partial charge in [0.15, 0.2) is 0 Å². The molecule has 0 saturated carbocycles. The van der Waals surface area contributed by atoms with Crippen LogP contribution in [-0.4, -0.2) is 26.4 Å². The lowest BCUT2D eigenvalue weighted by Gasteiger charge is -2.09. The van der Waals surface area contributed by atoms with Crippen molar-refractivity contribution in [2.24, 2.45) is 5.92 Å². The van der Waals surface area contributed by atoms with Crippen molar-refractivity contribution < 1.29 is 14.2 Å². The Balaban J connectivity index is 1.71. The topological polar surface area (TPSA) is 31.0 Å². The Morgan fingerprint density at radius 3 is 2.62 bits per heavy atom. The van der Waals surface area contributed by atoms with Gasteiger partial charge in [-0.2, -0.15) is 0 Å². The summed E-state index contributed by atoms with van der Waals surface area (Å²) >= 11 is 0. The quantitative estimate of drug-likeness (QED) is 0.692. The lowest BCUT2D eigenvalue weighted by molar-refractivity contribution is 0.0824. The summed E-state index contributed by atoms with van der Waals surface area (Å²) in [4.78, 5) is 0. The zero-order valence-corrected chi connectivity index (χ0v) is 9.81. The van der Waals surface area contributed by atoms with Crippen molar-refractivity contribution in [3.8, 4) is 5.75 Å². The van der Waals surface area contributed by atoms with Crippen LogP contribution in [0.25, 0.3) is 0 Å². The van der Waals surface area contributed by atoms with Gasteiger partial charge in [-0.05, 0) is 17.7 Å². The van der Waals surface area contributed by atoms with Gasteiger partial charge in [-0.15, -0.1) is 0 Å². The molecule has 3 heteroatoms. The fraction of sp³-hybridized carbons (Fsp3) is 0.538. The first-order chi connectivity index (χ1) is 7.79. The molecular weight excluding hydrogens is 204 g/mol. The van der Waals surface area contributed by atoms with Gasteiger partial charge in [0.05, 0.1) is 33.0 Å². The fourth-order valence-electron chi connectivity index (χ4n) is 1.58. The first-order valence-electron chi connectivity index (χ1n) is 5.62. The maximum Gasteiger partial charge on any atom is 0.118 e. The van der Waals surface area contributed by atoms with E-state index in [1.165, 1.54) is 5.56 Å². The highest BCUT2D eigenvalue weighted by atomic mass is 16.6. The van der Waals surface area contributed by atoms with Gasteiger partial charge in [-0.25, -0.2) is 0 Å². The van der Waals surface area contributed by atoms with Crippen molar-refractivity contribution in [3.63, 3.8) is 0 Å². The van der Waals surface area contributed by atoms with E-state index >= 15 is 0 Å². The number of hydrogen-bond acceptors (Lipinski definition) is 3. The molecule has 0 spiro atoms. The molecule has 1 aromatic carbocycles. The summed E-state index contributed by atoms with van der Waals surface area (Å²) < 4.78 is 15.9. The van der Waals surface area contributed by atoms with Gasteiger partial charge >= 0.3 is 0 Å². The lowest BCUT2D eigenvalue weighted by Crippen LogP contribution is -2.11. The van der Waals surface area contributed by atoms with Crippen LogP contribution in [0.2, 0.25) is 0 Å². The highest BCUT2D eigenvalue weighted by molar-refractivity contribution is 5.26. The van der Waals surface area contributed by atoms with Crippen LogP contribution in [0, 0.1) is 5.92 Å². The molecular formula is C13H18O3. The summed E-state index contributed by atoms with van der Waals surface area (Å²) in [6.07, 6.45) is 0.427. The molecule has 0 bridgehead atoms. The average Bonchev–Trinajstić information content (AvgIpc) is 3.14. The first kappa shape index (κ1) is 11.4. The Kier molecular flexibility index (Phi) is 3.80. The van der Waals surface area contributed by atoms with Crippen molar-refractivity contribution >= 4 is 0 Å². The molecule has 1 saturated heterocycles. The molecule has 0 radical (unpaired) electrons. The van der Waals surface area contributed by atoms with Gasteiger partial charge in [0, 0.05) is 5.92 Å². The van der Waals surface area contributed by atoms with Crippen LogP contribution in [0.1, 0.15) is 12.5 Å². The van der Waals surface area contributed by atoms with Gasteiger partial charge in [-0.1, -0.05) is 19.1 Å². The number of methoxy groups -OCH3 is 1. The van der Waals surface area contributed by atoms with Crippen LogP contribution >= 0.6 is 0 Å². The Morgan fingerprint density at radius 2 is 2.06 bits per heavy atom. The Morgan fingerprint density at radius 1 is 1.38 bits per heavy atom. The van der Waals surface area contributed by atoms with Crippen LogP contribution < -0.4 is 4.74 Å². The minimum atomic E-state index is 0.427. The number of rotatable bonds is 6. The molecule has 2 rings (SSSR count). The van der Waals surface area contributed by atoms with E-state index in [4.69, 9.17) is 14.2 Å². The first-order valence-corrected chi connectivity index (χ1v) is 5.62. The van der Waals surface area contributed by atoms with Crippen LogP contribution in [0.15, 0.2) is 24.3 Å². The lowest BCUT2D eigenvalue weighted by atomic mass is 10.1. The van der Waals surface area contributed by atoms with E-state index < -0.39 is 0 Å². The Bertz CT molecular complexity index is 316. The number of hydrogen-bond donors (Lipinski definition) is 0. The molecule has 0 unspecified atom stereocenters. The third-order valence-corrected chi connectivity index (χ3v) is 2.80. The third-order valence-electron chi connectivity index (χ3n) is 2.80. The number of epoxide rings is 1. The van der Waals surface area contributed by atoms with Crippen LogP contribution in [0.5, 0.6) is 5.75 Å². The normalized spacial score (nSPS) is 20.5. The Hall–Kier alpha value is -1.06. The summed E-state index contributed by atoms with van der Waals surface area (Å²) in [6, 6.07) is 7.95. The van der Waals surface area contributed by atoms with Crippen molar-refractivity contribution in [3.05, 3.63) is 29.8 Å². The molecule has 0 N–H and O–H groups in total. The van der Waals surface area contributed by atoms with Crippen molar-refractivity contribution in [2.45, 2.75) is 19.6 Å². The summed E-state index contributed by atoms with van der Waals surface area (Å²) in [5, 5.41) is 0. The van der Waals surface area contributed by atoms with Crippen molar-refractivity contribution in [1.82, 2.24) is 0 Å². The van der Waals surface area contributed by atoms with Gasteiger partial charge < -0.3 is 14.2 Å². The van der Waals surface area contributed by atoms with Gasteiger partial charge in [-0.3, -0.25) is 0 Å². The third kappa shape index (κ3) is 3.22. The van der Waals surface area contributed by atoms with Crippen LogP contribution in [0.4, 0.5) is 0 Å². The maximum atomic E-state index is 5.64. The molecule has 16 heavy (non-hydrogen) atoms. The number of benzene rings is 1. The van der Waals surface area contributed by atoms with E-state index in [9.17, 15) is 0 Å². The van der Waals surface area contributed by atoms with E-state index in [0.29, 0.717) is 18.6 Å². The van der Waals surface area contributed by atoms with Crippen molar-refractivity contribution in [1.29, 1.82) is 0 Å². The molecule has 1 fully saturated rings. The predicted molar refractivity (Wildman–Crippen MR) is 61.6 cm³/mol. The van der Waals surface area contributed by atoms with E-state index in [1.807, 2.05) is 24.3 Å². The molecule has 0 amide bonds. The second-order valence-electron chi connectivity index (χ2n) is 4.21. The van der Waals surface area contributed by atoms with Crippen LogP contribution in [0.3, 0.4) is 0 Å². The smallest absolute Gasteiger partial charge is 0.118 e. The molecule has 1 aliphatic heterocycles. The second-order valence-corrected chi connectivity index (χ2v) is 4.21. The molecule has 88 valence electrons. The summed E-state index contributed by atoms with van der Waals surface area (Å²) in [7, 11) is 1.67. The summed E-state index contributed by atoms with van der Waals surface area (Å²) in [6.45, 7) is 4.47.